The number of aryl methyl sites for hydroxylation is 2. The molecule has 0 radical (unpaired) electrons. The molecule has 0 atom stereocenters. The second kappa shape index (κ2) is 5.88. The number of benzene rings is 2. The molecule has 0 saturated carbocycles. The maximum atomic E-state index is 5.81. The van der Waals surface area contributed by atoms with Gasteiger partial charge >= 0.3 is 0 Å². The molecule has 3 nitrogen and oxygen atoms in total. The minimum Gasteiger partial charge on any atom is -0.327 e. The van der Waals surface area contributed by atoms with Gasteiger partial charge in [-0.15, -0.1) is 0 Å². The molecule has 0 aliphatic heterocycles. The summed E-state index contributed by atoms with van der Waals surface area (Å²) in [5.74, 6) is 0.972. The first-order valence-corrected chi connectivity index (χ1v) is 7.06. The summed E-state index contributed by atoms with van der Waals surface area (Å²) in [7, 11) is 0. The number of fused-ring (bicyclic) bond motifs is 1. The Kier molecular flexibility index (Phi) is 3.79. The predicted molar refractivity (Wildman–Crippen MR) is 82.4 cm³/mol. The molecule has 0 saturated heterocycles. The van der Waals surface area contributed by atoms with Crippen molar-refractivity contribution in [1.82, 2.24) is 9.55 Å². The fraction of sp³-hybridized carbons (Fsp3) is 0.235. The average molecular weight is 265 g/mol. The second-order valence-electron chi connectivity index (χ2n) is 4.96. The molecule has 0 bridgehead atoms. The van der Waals surface area contributed by atoms with Crippen molar-refractivity contribution >= 4 is 11.0 Å². The van der Waals surface area contributed by atoms with E-state index in [1.165, 1.54) is 11.1 Å². The van der Waals surface area contributed by atoms with Crippen molar-refractivity contribution in [3.8, 4) is 0 Å². The van der Waals surface area contributed by atoms with Crippen LogP contribution in [0.25, 0.3) is 11.0 Å². The third-order valence-electron chi connectivity index (χ3n) is 3.61. The first-order chi connectivity index (χ1) is 9.88. The maximum Gasteiger partial charge on any atom is 0.123 e. The standard InChI is InChI=1S/C17H19N3/c18-13-17-19-15-10-4-5-11-16(15)20(17)12-6-9-14-7-2-1-3-8-14/h1-5,7-8,10-11H,6,9,12-13,18H2. The smallest absolute Gasteiger partial charge is 0.123 e. The Morgan fingerprint density at radius 3 is 2.50 bits per heavy atom. The van der Waals surface area contributed by atoms with E-state index in [4.69, 9.17) is 5.73 Å². The SMILES string of the molecule is NCc1nc2ccccc2n1CCCc1ccccc1. The number of hydrogen-bond acceptors (Lipinski definition) is 2. The Labute approximate surface area is 119 Å². The zero-order valence-electron chi connectivity index (χ0n) is 11.5. The van der Waals surface area contributed by atoms with Gasteiger partial charge in [0.15, 0.2) is 0 Å². The molecule has 3 heteroatoms. The number of para-hydroxylation sites is 2. The fourth-order valence-corrected chi connectivity index (χ4v) is 2.62. The summed E-state index contributed by atoms with van der Waals surface area (Å²) in [6.07, 6.45) is 2.18. The van der Waals surface area contributed by atoms with Crippen LogP contribution in [0.4, 0.5) is 0 Å². The van der Waals surface area contributed by atoms with Crippen LogP contribution in [0.3, 0.4) is 0 Å². The Morgan fingerprint density at radius 1 is 0.950 bits per heavy atom. The van der Waals surface area contributed by atoms with Crippen LogP contribution in [0.1, 0.15) is 17.8 Å². The van der Waals surface area contributed by atoms with E-state index >= 15 is 0 Å². The molecule has 2 aromatic carbocycles. The molecule has 102 valence electrons. The molecule has 0 aliphatic rings. The lowest BCUT2D eigenvalue weighted by atomic mass is 10.1. The maximum absolute atomic E-state index is 5.81. The highest BCUT2D eigenvalue weighted by Gasteiger charge is 2.08. The summed E-state index contributed by atoms with van der Waals surface area (Å²) in [4.78, 5) is 4.59. The van der Waals surface area contributed by atoms with Crippen LogP contribution in [0.15, 0.2) is 54.6 Å². The van der Waals surface area contributed by atoms with E-state index in [0.29, 0.717) is 6.54 Å². The molecule has 0 aliphatic carbocycles. The summed E-state index contributed by atoms with van der Waals surface area (Å²) in [6.45, 7) is 1.45. The van der Waals surface area contributed by atoms with E-state index in [2.05, 4.69) is 52.0 Å². The predicted octanol–water partition coefficient (Wildman–Crippen LogP) is 3.13. The number of nitrogens with two attached hydrogens (primary N) is 1. The third-order valence-corrected chi connectivity index (χ3v) is 3.61. The molecular weight excluding hydrogens is 246 g/mol. The second-order valence-corrected chi connectivity index (χ2v) is 4.96. The summed E-state index contributed by atoms with van der Waals surface area (Å²) in [5, 5.41) is 0. The van der Waals surface area contributed by atoms with Gasteiger partial charge in [-0.3, -0.25) is 0 Å². The lowest BCUT2D eigenvalue weighted by molar-refractivity contribution is 0.626. The summed E-state index contributed by atoms with van der Waals surface area (Å²) < 4.78 is 2.25. The summed E-state index contributed by atoms with van der Waals surface area (Å²) in [6, 6.07) is 18.8. The van der Waals surface area contributed by atoms with Gasteiger partial charge in [0.1, 0.15) is 5.82 Å². The van der Waals surface area contributed by atoms with E-state index < -0.39 is 0 Å². The van der Waals surface area contributed by atoms with Crippen molar-refractivity contribution in [2.24, 2.45) is 5.73 Å². The molecule has 0 fully saturated rings. The van der Waals surface area contributed by atoms with Gasteiger partial charge in [-0.2, -0.15) is 0 Å². The minimum absolute atomic E-state index is 0.486. The molecule has 2 N–H and O–H groups in total. The van der Waals surface area contributed by atoms with Crippen molar-refractivity contribution in [3.05, 3.63) is 66.0 Å². The summed E-state index contributed by atoms with van der Waals surface area (Å²) in [5.41, 5.74) is 9.41. The normalized spacial score (nSPS) is 11.1. The van der Waals surface area contributed by atoms with Gasteiger partial charge in [-0.25, -0.2) is 4.98 Å². The topological polar surface area (TPSA) is 43.8 Å². The highest BCUT2D eigenvalue weighted by atomic mass is 15.1. The highest BCUT2D eigenvalue weighted by Crippen LogP contribution is 2.17. The molecule has 0 spiro atoms. The number of aromatic nitrogens is 2. The third kappa shape index (κ3) is 2.58. The Morgan fingerprint density at radius 2 is 1.70 bits per heavy atom. The Balaban J connectivity index is 1.77. The molecule has 20 heavy (non-hydrogen) atoms. The first-order valence-electron chi connectivity index (χ1n) is 7.06. The Bertz CT molecular complexity index is 686. The van der Waals surface area contributed by atoms with Crippen molar-refractivity contribution in [2.45, 2.75) is 25.9 Å². The number of hydrogen-bond donors (Lipinski definition) is 1. The monoisotopic (exact) mass is 265 g/mol. The highest BCUT2D eigenvalue weighted by molar-refractivity contribution is 5.75. The van der Waals surface area contributed by atoms with Gasteiger partial charge in [0.2, 0.25) is 0 Å². The first kappa shape index (κ1) is 12.9. The van der Waals surface area contributed by atoms with Crippen LogP contribution in [0.2, 0.25) is 0 Å². The molecule has 1 heterocycles. The molecule has 3 rings (SSSR count). The fourth-order valence-electron chi connectivity index (χ4n) is 2.62. The van der Waals surface area contributed by atoms with E-state index in [0.717, 1.165) is 30.7 Å². The van der Waals surface area contributed by atoms with Crippen LogP contribution >= 0.6 is 0 Å². The van der Waals surface area contributed by atoms with Gasteiger partial charge < -0.3 is 10.3 Å². The molecule has 1 aromatic heterocycles. The zero-order chi connectivity index (χ0) is 13.8. The number of nitrogens with zero attached hydrogens (tertiary/aromatic N) is 2. The Hall–Kier alpha value is -2.13. The van der Waals surface area contributed by atoms with Gasteiger partial charge in [0.25, 0.3) is 0 Å². The van der Waals surface area contributed by atoms with Gasteiger partial charge in [-0.1, -0.05) is 42.5 Å². The van der Waals surface area contributed by atoms with Crippen molar-refractivity contribution in [3.63, 3.8) is 0 Å². The number of imidazole rings is 1. The van der Waals surface area contributed by atoms with Crippen molar-refractivity contribution in [2.75, 3.05) is 0 Å². The van der Waals surface area contributed by atoms with Crippen LogP contribution in [-0.2, 0) is 19.5 Å². The number of rotatable bonds is 5. The van der Waals surface area contributed by atoms with E-state index in [-0.39, 0.29) is 0 Å². The quantitative estimate of drug-likeness (QED) is 0.770. The van der Waals surface area contributed by atoms with Crippen LogP contribution in [0.5, 0.6) is 0 Å². The lowest BCUT2D eigenvalue weighted by Gasteiger charge is -2.08. The minimum atomic E-state index is 0.486. The zero-order valence-corrected chi connectivity index (χ0v) is 11.5. The van der Waals surface area contributed by atoms with E-state index in [9.17, 15) is 0 Å². The van der Waals surface area contributed by atoms with Crippen molar-refractivity contribution in [1.29, 1.82) is 0 Å². The van der Waals surface area contributed by atoms with E-state index in [1.54, 1.807) is 0 Å². The van der Waals surface area contributed by atoms with Crippen LogP contribution < -0.4 is 5.73 Å². The van der Waals surface area contributed by atoms with Gasteiger partial charge in [0, 0.05) is 6.54 Å². The molecule has 0 amide bonds. The van der Waals surface area contributed by atoms with Crippen molar-refractivity contribution < 1.29 is 0 Å². The lowest BCUT2D eigenvalue weighted by Crippen LogP contribution is -2.09. The molecule has 0 unspecified atom stereocenters. The van der Waals surface area contributed by atoms with Crippen LogP contribution in [-0.4, -0.2) is 9.55 Å². The average Bonchev–Trinajstić information content (AvgIpc) is 2.87. The van der Waals surface area contributed by atoms with Gasteiger partial charge in [-0.05, 0) is 30.5 Å². The summed E-state index contributed by atoms with van der Waals surface area (Å²) >= 11 is 0. The molecule has 3 aromatic rings. The van der Waals surface area contributed by atoms with Crippen LogP contribution in [0, 0.1) is 0 Å². The molecular formula is C17H19N3. The van der Waals surface area contributed by atoms with E-state index in [1.807, 2.05) is 12.1 Å². The van der Waals surface area contributed by atoms with Gasteiger partial charge in [0.05, 0.1) is 17.6 Å². The largest absolute Gasteiger partial charge is 0.327 e.